The third-order valence-electron chi connectivity index (χ3n) is 6.33. The van der Waals surface area contributed by atoms with Crippen LogP contribution in [0.2, 0.25) is 0 Å². The number of rotatable bonds is 3. The van der Waals surface area contributed by atoms with E-state index in [9.17, 15) is 4.79 Å². The lowest BCUT2D eigenvalue weighted by Gasteiger charge is -2.40. The Morgan fingerprint density at radius 2 is 1.77 bits per heavy atom. The van der Waals surface area contributed by atoms with Gasteiger partial charge in [-0.2, -0.15) is 0 Å². The largest absolute Gasteiger partial charge is 0.497 e. The Balaban J connectivity index is 1.59. The van der Waals surface area contributed by atoms with Crippen LogP contribution in [-0.4, -0.2) is 29.9 Å². The van der Waals surface area contributed by atoms with Crippen molar-refractivity contribution < 1.29 is 9.53 Å². The van der Waals surface area contributed by atoms with Gasteiger partial charge in [-0.15, -0.1) is 0 Å². The van der Waals surface area contributed by atoms with Crippen molar-refractivity contribution >= 4 is 5.78 Å². The molecule has 3 heteroatoms. The monoisotopic (exact) mass is 351 g/mol. The van der Waals surface area contributed by atoms with Gasteiger partial charge in [0.05, 0.1) is 7.11 Å². The predicted molar refractivity (Wildman–Crippen MR) is 104 cm³/mol. The Hall–Kier alpha value is -2.03. The quantitative estimate of drug-likeness (QED) is 0.731. The minimum atomic E-state index is -0.0343. The first kappa shape index (κ1) is 17.4. The number of carbonyl (C=O) groups excluding carboxylic acids is 1. The highest BCUT2D eigenvalue weighted by Crippen LogP contribution is 2.44. The number of carbonyl (C=O) groups is 1. The van der Waals surface area contributed by atoms with E-state index in [4.69, 9.17) is 4.74 Å². The molecule has 0 unspecified atom stereocenters. The molecule has 1 aliphatic carbocycles. The molecule has 1 aromatic carbocycles. The molecule has 26 heavy (non-hydrogen) atoms. The fourth-order valence-corrected chi connectivity index (χ4v) is 4.96. The second-order valence-corrected chi connectivity index (χ2v) is 8.33. The third-order valence-corrected chi connectivity index (χ3v) is 6.33. The number of methoxy groups -OCH3 is 1. The van der Waals surface area contributed by atoms with Crippen molar-refractivity contribution in [1.29, 1.82) is 0 Å². The first-order chi connectivity index (χ1) is 12.6. The van der Waals surface area contributed by atoms with Crippen LogP contribution < -0.4 is 4.74 Å². The van der Waals surface area contributed by atoms with Crippen LogP contribution in [0.1, 0.15) is 57.4 Å². The summed E-state index contributed by atoms with van der Waals surface area (Å²) in [6.07, 6.45) is 11.0. The summed E-state index contributed by atoms with van der Waals surface area (Å²) in [4.78, 5) is 15.0. The Morgan fingerprint density at radius 3 is 2.46 bits per heavy atom. The molecule has 3 nitrogen and oxygen atoms in total. The zero-order valence-corrected chi connectivity index (χ0v) is 16.0. The highest BCUT2D eigenvalue weighted by atomic mass is 16.5. The number of benzene rings is 1. The van der Waals surface area contributed by atoms with Crippen molar-refractivity contribution in [3.63, 3.8) is 0 Å². The Kier molecular flexibility index (Phi) is 4.64. The molecule has 4 rings (SSSR count). The van der Waals surface area contributed by atoms with Gasteiger partial charge in [-0.05, 0) is 62.3 Å². The summed E-state index contributed by atoms with van der Waals surface area (Å²) in [5.74, 6) is 1.15. The maximum absolute atomic E-state index is 12.5. The van der Waals surface area contributed by atoms with Crippen LogP contribution >= 0.6 is 0 Å². The molecule has 3 aliphatic rings. The molecular weight excluding hydrogens is 322 g/mol. The number of ether oxygens (including phenoxy) is 1. The number of hydrogen-bond acceptors (Lipinski definition) is 3. The normalized spacial score (nSPS) is 26.0. The van der Waals surface area contributed by atoms with Crippen molar-refractivity contribution in [1.82, 2.24) is 4.90 Å². The maximum Gasteiger partial charge on any atom is 0.159 e. The SMILES string of the molecule is COc1ccc(CC2=CC(=O)C[C@@]3(C)CC(=C4CCCCC4)CN23)cc1. The topological polar surface area (TPSA) is 29.5 Å². The summed E-state index contributed by atoms with van der Waals surface area (Å²) < 4.78 is 5.26. The summed E-state index contributed by atoms with van der Waals surface area (Å²) in [6, 6.07) is 8.21. The smallest absolute Gasteiger partial charge is 0.159 e. The lowest BCUT2D eigenvalue weighted by atomic mass is 9.84. The third kappa shape index (κ3) is 3.32. The molecule has 2 heterocycles. The lowest BCUT2D eigenvalue weighted by molar-refractivity contribution is -0.117. The van der Waals surface area contributed by atoms with Gasteiger partial charge < -0.3 is 9.64 Å². The van der Waals surface area contributed by atoms with Gasteiger partial charge in [-0.1, -0.05) is 24.1 Å². The first-order valence-corrected chi connectivity index (χ1v) is 9.91. The van der Waals surface area contributed by atoms with Gasteiger partial charge in [0.2, 0.25) is 0 Å². The van der Waals surface area contributed by atoms with Crippen LogP contribution in [-0.2, 0) is 11.2 Å². The molecule has 2 fully saturated rings. The molecule has 0 aromatic heterocycles. The summed E-state index contributed by atoms with van der Waals surface area (Å²) >= 11 is 0. The highest BCUT2D eigenvalue weighted by Gasteiger charge is 2.44. The van der Waals surface area contributed by atoms with Gasteiger partial charge in [0.1, 0.15) is 5.75 Å². The molecule has 0 spiro atoms. The zero-order valence-electron chi connectivity index (χ0n) is 16.0. The average molecular weight is 351 g/mol. The summed E-state index contributed by atoms with van der Waals surface area (Å²) in [6.45, 7) is 3.30. The second-order valence-electron chi connectivity index (χ2n) is 8.33. The minimum absolute atomic E-state index is 0.0343. The highest BCUT2D eigenvalue weighted by molar-refractivity contribution is 5.92. The maximum atomic E-state index is 12.5. The number of hydrogen-bond donors (Lipinski definition) is 0. The molecule has 1 atom stereocenters. The molecule has 1 saturated heterocycles. The van der Waals surface area contributed by atoms with Crippen LogP contribution in [0.25, 0.3) is 0 Å². The minimum Gasteiger partial charge on any atom is -0.497 e. The number of fused-ring (bicyclic) bond motifs is 1. The van der Waals surface area contributed by atoms with Gasteiger partial charge in [0.15, 0.2) is 5.78 Å². The van der Waals surface area contributed by atoms with Crippen molar-refractivity contribution in [2.24, 2.45) is 0 Å². The standard InChI is InChI=1S/C23H29NO2/c1-23-14-19(18-6-4-3-5-7-18)16-24(23)20(13-21(25)15-23)12-17-8-10-22(26-2)11-9-17/h8-11,13H,3-7,12,14-16H2,1-2H3/t23-/m1/s1. The molecule has 0 radical (unpaired) electrons. The molecule has 1 aromatic rings. The van der Waals surface area contributed by atoms with Crippen molar-refractivity contribution in [2.75, 3.05) is 13.7 Å². The van der Waals surface area contributed by atoms with E-state index >= 15 is 0 Å². The average Bonchev–Trinajstić information content (AvgIpc) is 3.00. The second kappa shape index (κ2) is 6.94. The predicted octanol–water partition coefficient (Wildman–Crippen LogP) is 4.82. The fourth-order valence-electron chi connectivity index (χ4n) is 4.96. The first-order valence-electron chi connectivity index (χ1n) is 9.91. The van der Waals surface area contributed by atoms with Crippen LogP contribution in [0, 0.1) is 0 Å². The zero-order chi connectivity index (χ0) is 18.1. The Morgan fingerprint density at radius 1 is 1.04 bits per heavy atom. The van der Waals surface area contributed by atoms with E-state index in [-0.39, 0.29) is 11.3 Å². The molecular formula is C23H29NO2. The van der Waals surface area contributed by atoms with Crippen LogP contribution in [0.4, 0.5) is 0 Å². The molecule has 0 bridgehead atoms. The molecule has 138 valence electrons. The van der Waals surface area contributed by atoms with Gasteiger partial charge in [-0.25, -0.2) is 0 Å². The molecule has 0 amide bonds. The number of nitrogens with zero attached hydrogens (tertiary/aromatic N) is 1. The molecule has 0 N–H and O–H groups in total. The van der Waals surface area contributed by atoms with E-state index in [1.54, 1.807) is 18.3 Å². The van der Waals surface area contributed by atoms with Crippen molar-refractivity contribution in [2.45, 2.75) is 63.8 Å². The van der Waals surface area contributed by atoms with E-state index in [2.05, 4.69) is 24.0 Å². The summed E-state index contributed by atoms with van der Waals surface area (Å²) in [5, 5.41) is 0. The lowest BCUT2D eigenvalue weighted by Crippen LogP contribution is -2.45. The molecule has 1 saturated carbocycles. The van der Waals surface area contributed by atoms with Crippen molar-refractivity contribution in [3.05, 3.63) is 52.7 Å². The van der Waals surface area contributed by atoms with E-state index < -0.39 is 0 Å². The van der Waals surface area contributed by atoms with E-state index in [1.165, 1.54) is 43.4 Å². The van der Waals surface area contributed by atoms with Crippen LogP contribution in [0.3, 0.4) is 0 Å². The van der Waals surface area contributed by atoms with Gasteiger partial charge in [0, 0.05) is 36.7 Å². The van der Waals surface area contributed by atoms with Crippen molar-refractivity contribution in [3.8, 4) is 5.75 Å². The Bertz CT molecular complexity index is 751. The van der Waals surface area contributed by atoms with Gasteiger partial charge in [0.25, 0.3) is 0 Å². The molecule has 2 aliphatic heterocycles. The number of allylic oxidation sites excluding steroid dienone is 3. The van der Waals surface area contributed by atoms with Crippen LogP contribution in [0.15, 0.2) is 47.2 Å². The number of ketones is 1. The van der Waals surface area contributed by atoms with E-state index in [0.29, 0.717) is 6.42 Å². The Labute approximate surface area is 156 Å². The van der Waals surface area contributed by atoms with Gasteiger partial charge in [-0.3, -0.25) is 4.79 Å². The summed E-state index contributed by atoms with van der Waals surface area (Å²) in [7, 11) is 1.69. The fraction of sp³-hybridized carbons (Fsp3) is 0.522. The summed E-state index contributed by atoms with van der Waals surface area (Å²) in [5.41, 5.74) is 5.67. The van der Waals surface area contributed by atoms with E-state index in [0.717, 1.165) is 25.1 Å². The van der Waals surface area contributed by atoms with Gasteiger partial charge >= 0.3 is 0 Å². The van der Waals surface area contributed by atoms with E-state index in [1.807, 2.05) is 18.2 Å². The van der Waals surface area contributed by atoms with Crippen LogP contribution in [0.5, 0.6) is 5.75 Å².